The number of nitrogen functional groups attached to an aromatic ring is 1. The minimum atomic E-state index is -0.314. The quantitative estimate of drug-likeness (QED) is 0.843. The van der Waals surface area contributed by atoms with Crippen LogP contribution in [0.2, 0.25) is 0 Å². The minimum Gasteiger partial charge on any atom is -0.393 e. The molecule has 0 aliphatic rings. The molecule has 0 bridgehead atoms. The molecule has 1 unspecified atom stereocenters. The number of nitrogens with zero attached hydrogens (tertiary/aromatic N) is 2. The van der Waals surface area contributed by atoms with Crippen molar-refractivity contribution < 1.29 is 5.11 Å². The zero-order valence-corrected chi connectivity index (χ0v) is 10.1. The molecule has 4 nitrogen and oxygen atoms in total. The molecule has 0 saturated heterocycles. The third-order valence-corrected chi connectivity index (χ3v) is 2.70. The van der Waals surface area contributed by atoms with Gasteiger partial charge in [-0.1, -0.05) is 24.3 Å². The molecule has 2 aromatic rings. The van der Waals surface area contributed by atoms with Crippen molar-refractivity contribution in [2.45, 2.75) is 19.4 Å². The molecule has 1 heterocycles. The molecular weight excluding hydrogens is 214 g/mol. The van der Waals surface area contributed by atoms with Crippen molar-refractivity contribution in [2.75, 3.05) is 5.73 Å². The van der Waals surface area contributed by atoms with E-state index in [9.17, 15) is 5.11 Å². The van der Waals surface area contributed by atoms with Gasteiger partial charge in [0.1, 0.15) is 5.82 Å². The number of aryl methyl sites for hydroxylation is 1. The smallest absolute Gasteiger partial charge is 0.121 e. The van der Waals surface area contributed by atoms with E-state index in [0.717, 1.165) is 16.8 Å². The number of aliphatic hydroxyl groups excluding tert-OH is 1. The Kier molecular flexibility index (Phi) is 3.15. The van der Waals surface area contributed by atoms with E-state index in [0.29, 0.717) is 12.2 Å². The van der Waals surface area contributed by atoms with Gasteiger partial charge in [-0.05, 0) is 18.9 Å². The summed E-state index contributed by atoms with van der Waals surface area (Å²) in [4.78, 5) is 0. The molecule has 0 aliphatic carbocycles. The number of aliphatic hydroxyl groups is 1. The van der Waals surface area contributed by atoms with E-state index in [4.69, 9.17) is 5.73 Å². The first-order valence-electron chi connectivity index (χ1n) is 5.63. The zero-order valence-electron chi connectivity index (χ0n) is 10.1. The Labute approximate surface area is 101 Å². The lowest BCUT2D eigenvalue weighted by molar-refractivity contribution is 0.195. The van der Waals surface area contributed by atoms with Crippen LogP contribution in [0.1, 0.15) is 12.5 Å². The van der Waals surface area contributed by atoms with Crippen molar-refractivity contribution in [2.24, 2.45) is 7.05 Å². The minimum absolute atomic E-state index is 0.314. The molecule has 1 atom stereocenters. The lowest BCUT2D eigenvalue weighted by Crippen LogP contribution is -2.03. The number of hydrogen-bond acceptors (Lipinski definition) is 3. The van der Waals surface area contributed by atoms with Crippen molar-refractivity contribution in [3.8, 4) is 11.3 Å². The second-order valence-electron chi connectivity index (χ2n) is 4.33. The normalized spacial score (nSPS) is 12.6. The molecule has 17 heavy (non-hydrogen) atoms. The maximum atomic E-state index is 9.30. The topological polar surface area (TPSA) is 64.1 Å². The number of hydrogen-bond donors (Lipinski definition) is 2. The second kappa shape index (κ2) is 4.59. The number of nitrogens with two attached hydrogens (primary N) is 1. The lowest BCUT2D eigenvalue weighted by Gasteiger charge is -2.04. The average Bonchev–Trinajstić information content (AvgIpc) is 2.59. The van der Waals surface area contributed by atoms with E-state index in [2.05, 4.69) is 5.10 Å². The third kappa shape index (κ3) is 2.65. The molecule has 90 valence electrons. The fourth-order valence-electron chi connectivity index (χ4n) is 1.78. The van der Waals surface area contributed by atoms with Gasteiger partial charge < -0.3 is 10.8 Å². The van der Waals surface area contributed by atoms with E-state index in [1.165, 1.54) is 0 Å². The van der Waals surface area contributed by atoms with Crippen molar-refractivity contribution in [3.05, 3.63) is 35.9 Å². The van der Waals surface area contributed by atoms with Gasteiger partial charge in [-0.2, -0.15) is 5.10 Å². The molecule has 0 amide bonds. The summed E-state index contributed by atoms with van der Waals surface area (Å²) in [6.07, 6.45) is 0.358. The summed E-state index contributed by atoms with van der Waals surface area (Å²) in [5.74, 6) is 0.646. The maximum absolute atomic E-state index is 9.30. The fraction of sp³-hybridized carbons (Fsp3) is 0.308. The van der Waals surface area contributed by atoms with Crippen molar-refractivity contribution in [3.63, 3.8) is 0 Å². The molecular formula is C13H17N3O. The highest BCUT2D eigenvalue weighted by Gasteiger charge is 2.05. The molecule has 0 spiro atoms. The second-order valence-corrected chi connectivity index (χ2v) is 4.33. The SMILES string of the molecule is CC(O)Cc1ccc(-c2cc(N)n(C)n2)cc1. The highest BCUT2D eigenvalue weighted by molar-refractivity contribution is 5.62. The van der Waals surface area contributed by atoms with Crippen LogP contribution in [0.3, 0.4) is 0 Å². The zero-order chi connectivity index (χ0) is 12.4. The summed E-state index contributed by atoms with van der Waals surface area (Å²) in [6, 6.07) is 9.86. The molecule has 3 N–H and O–H groups in total. The highest BCUT2D eigenvalue weighted by atomic mass is 16.3. The molecule has 4 heteroatoms. The summed E-state index contributed by atoms with van der Waals surface area (Å²) < 4.78 is 1.65. The van der Waals surface area contributed by atoms with E-state index in [1.54, 1.807) is 11.6 Å². The van der Waals surface area contributed by atoms with Gasteiger partial charge in [0.2, 0.25) is 0 Å². The maximum Gasteiger partial charge on any atom is 0.121 e. The third-order valence-electron chi connectivity index (χ3n) is 2.70. The Bertz CT molecular complexity index is 480. The van der Waals surface area contributed by atoms with Crippen LogP contribution in [0.5, 0.6) is 0 Å². The predicted molar refractivity (Wildman–Crippen MR) is 68.4 cm³/mol. The molecule has 0 saturated carbocycles. The molecule has 1 aromatic carbocycles. The number of aromatic nitrogens is 2. The van der Waals surface area contributed by atoms with Crippen molar-refractivity contribution >= 4 is 5.82 Å². The summed E-state index contributed by atoms with van der Waals surface area (Å²) in [6.45, 7) is 1.79. The van der Waals surface area contributed by atoms with Crippen molar-refractivity contribution in [1.29, 1.82) is 0 Å². The Balaban J connectivity index is 2.23. The van der Waals surface area contributed by atoms with E-state index >= 15 is 0 Å². The number of anilines is 1. The van der Waals surface area contributed by atoms with E-state index in [-0.39, 0.29) is 6.10 Å². The lowest BCUT2D eigenvalue weighted by atomic mass is 10.1. The van der Waals surface area contributed by atoms with Crippen LogP contribution in [0.15, 0.2) is 30.3 Å². The van der Waals surface area contributed by atoms with Gasteiger partial charge >= 0.3 is 0 Å². The van der Waals surface area contributed by atoms with Crippen LogP contribution in [0, 0.1) is 0 Å². The molecule has 0 aliphatic heterocycles. The number of benzene rings is 1. The summed E-state index contributed by atoms with van der Waals surface area (Å²) in [5.41, 5.74) is 8.76. The van der Waals surface area contributed by atoms with Crippen LogP contribution >= 0.6 is 0 Å². The molecule has 2 rings (SSSR count). The summed E-state index contributed by atoms with van der Waals surface area (Å²) in [5, 5.41) is 13.6. The van der Waals surface area contributed by atoms with Gasteiger partial charge in [-0.3, -0.25) is 4.68 Å². The molecule has 0 radical (unpaired) electrons. The first kappa shape index (κ1) is 11.7. The van der Waals surface area contributed by atoms with Crippen LogP contribution in [0.25, 0.3) is 11.3 Å². The van der Waals surface area contributed by atoms with Crippen LogP contribution in [-0.2, 0) is 13.5 Å². The van der Waals surface area contributed by atoms with Crippen molar-refractivity contribution in [1.82, 2.24) is 9.78 Å². The number of rotatable bonds is 3. The van der Waals surface area contributed by atoms with Gasteiger partial charge in [-0.25, -0.2) is 0 Å². The van der Waals surface area contributed by atoms with Gasteiger partial charge in [-0.15, -0.1) is 0 Å². The predicted octanol–water partition coefficient (Wildman–Crippen LogP) is 1.59. The van der Waals surface area contributed by atoms with Crippen LogP contribution in [0.4, 0.5) is 5.82 Å². The highest BCUT2D eigenvalue weighted by Crippen LogP contribution is 2.20. The first-order chi connectivity index (χ1) is 8.06. The Morgan fingerprint density at radius 3 is 2.47 bits per heavy atom. The molecule has 1 aromatic heterocycles. The largest absolute Gasteiger partial charge is 0.393 e. The van der Waals surface area contributed by atoms with Gasteiger partial charge in [0.15, 0.2) is 0 Å². The van der Waals surface area contributed by atoms with Gasteiger partial charge in [0, 0.05) is 18.7 Å². The standard InChI is InChI=1S/C13H17N3O/c1-9(17)7-10-3-5-11(6-4-10)12-8-13(14)16(2)15-12/h3-6,8-9,17H,7,14H2,1-2H3. The molecule has 0 fully saturated rings. The van der Waals surface area contributed by atoms with Gasteiger partial charge in [0.05, 0.1) is 11.8 Å². The van der Waals surface area contributed by atoms with E-state index in [1.807, 2.05) is 37.4 Å². The average molecular weight is 231 g/mol. The summed E-state index contributed by atoms with van der Waals surface area (Å²) in [7, 11) is 1.82. The fourth-order valence-corrected chi connectivity index (χ4v) is 1.78. The Morgan fingerprint density at radius 2 is 2.00 bits per heavy atom. The van der Waals surface area contributed by atoms with E-state index < -0.39 is 0 Å². The Hall–Kier alpha value is -1.81. The van der Waals surface area contributed by atoms with Gasteiger partial charge in [0.25, 0.3) is 0 Å². The van der Waals surface area contributed by atoms with Crippen LogP contribution in [-0.4, -0.2) is 21.0 Å². The van der Waals surface area contributed by atoms with Crippen LogP contribution < -0.4 is 5.73 Å². The first-order valence-corrected chi connectivity index (χ1v) is 5.63. The summed E-state index contributed by atoms with van der Waals surface area (Å²) >= 11 is 0. The Morgan fingerprint density at radius 1 is 1.35 bits per heavy atom. The monoisotopic (exact) mass is 231 g/mol.